The fourth-order valence-corrected chi connectivity index (χ4v) is 3.25. The van der Waals surface area contributed by atoms with Gasteiger partial charge in [0, 0.05) is 6.04 Å². The molecule has 0 radical (unpaired) electrons. The average molecular weight is 270 g/mol. The van der Waals surface area contributed by atoms with Crippen molar-refractivity contribution in [3.05, 3.63) is 12.2 Å². The van der Waals surface area contributed by atoms with Crippen LogP contribution in [0.2, 0.25) is 0 Å². The van der Waals surface area contributed by atoms with Gasteiger partial charge in [0.1, 0.15) is 6.23 Å². The summed E-state index contributed by atoms with van der Waals surface area (Å²) >= 11 is 0. The summed E-state index contributed by atoms with van der Waals surface area (Å²) in [6.45, 7) is 16.8. The lowest BCUT2D eigenvalue weighted by Gasteiger charge is -2.46. The van der Waals surface area contributed by atoms with Crippen LogP contribution in [-0.4, -0.2) is 23.9 Å². The molecule has 4 N–H and O–H groups in total. The third kappa shape index (κ3) is 8.40. The topological polar surface area (TPSA) is 58.3 Å². The molecule has 0 amide bonds. The fraction of sp³-hybridized carbons (Fsp3) is 0.875. The Bertz CT molecular complexity index is 282. The molecule has 0 aromatic carbocycles. The van der Waals surface area contributed by atoms with Crippen LogP contribution in [0, 0.1) is 10.8 Å². The summed E-state index contributed by atoms with van der Waals surface area (Å²) in [5.74, 6) is 0. The van der Waals surface area contributed by atoms with Crippen LogP contribution in [-0.2, 0) is 0 Å². The lowest BCUT2D eigenvalue weighted by atomic mass is 9.62. The first-order chi connectivity index (χ1) is 8.49. The van der Waals surface area contributed by atoms with Crippen LogP contribution in [0.15, 0.2) is 12.2 Å². The van der Waals surface area contributed by atoms with Crippen LogP contribution in [0.4, 0.5) is 0 Å². The number of nitrogens with one attached hydrogen (secondary N) is 1. The van der Waals surface area contributed by atoms with Gasteiger partial charge in [-0.25, -0.2) is 0 Å². The molecule has 0 bridgehead atoms. The summed E-state index contributed by atoms with van der Waals surface area (Å²) in [4.78, 5) is 0. The normalized spacial score (nSPS) is 31.1. The summed E-state index contributed by atoms with van der Waals surface area (Å²) < 4.78 is 0. The van der Waals surface area contributed by atoms with Crippen molar-refractivity contribution in [2.45, 2.75) is 73.1 Å². The van der Waals surface area contributed by atoms with Gasteiger partial charge in [0.2, 0.25) is 0 Å². The molecule has 0 aliphatic heterocycles. The minimum atomic E-state index is -0.425. The van der Waals surface area contributed by atoms with Gasteiger partial charge in [0.15, 0.2) is 0 Å². The van der Waals surface area contributed by atoms with E-state index in [1.807, 2.05) is 13.8 Å². The molecule has 114 valence electrons. The van der Waals surface area contributed by atoms with Crippen LogP contribution in [0.25, 0.3) is 0 Å². The van der Waals surface area contributed by atoms with Crippen molar-refractivity contribution >= 4 is 0 Å². The van der Waals surface area contributed by atoms with E-state index in [2.05, 4.69) is 32.7 Å². The zero-order valence-corrected chi connectivity index (χ0v) is 13.7. The van der Waals surface area contributed by atoms with Crippen molar-refractivity contribution in [3.8, 4) is 0 Å². The van der Waals surface area contributed by atoms with E-state index < -0.39 is 6.23 Å². The second kappa shape index (κ2) is 7.41. The maximum absolute atomic E-state index is 9.38. The van der Waals surface area contributed by atoms with Crippen molar-refractivity contribution in [3.63, 3.8) is 0 Å². The lowest BCUT2D eigenvalue weighted by Crippen LogP contribution is -2.49. The zero-order chi connectivity index (χ0) is 15.3. The van der Waals surface area contributed by atoms with Gasteiger partial charge in [-0.1, -0.05) is 26.3 Å². The predicted molar refractivity (Wildman–Crippen MR) is 83.9 cm³/mol. The van der Waals surface area contributed by atoms with E-state index in [0.717, 1.165) is 19.4 Å². The molecule has 0 saturated heterocycles. The van der Waals surface area contributed by atoms with Crippen molar-refractivity contribution < 1.29 is 5.11 Å². The third-order valence-electron chi connectivity index (χ3n) is 3.41. The van der Waals surface area contributed by atoms with Gasteiger partial charge in [-0.15, -0.1) is 6.58 Å². The highest BCUT2D eigenvalue weighted by molar-refractivity contribution is 4.94. The van der Waals surface area contributed by atoms with Gasteiger partial charge in [-0.05, 0) is 57.4 Å². The standard InChI is InChI=1S/C12H26N2O.C4H8/c1-9(15)14-10-5-11(2,3)7-12(4,6-10)8-13;1-4(2)3/h9-10,14-15H,5-8,13H2,1-4H3;1H2,2-3H3. The SMILES string of the molecule is C=C(C)C.CC(O)NC1CC(C)(C)CC(C)(CN)C1. The van der Waals surface area contributed by atoms with Crippen molar-refractivity contribution in [2.75, 3.05) is 6.54 Å². The van der Waals surface area contributed by atoms with Crippen LogP contribution < -0.4 is 11.1 Å². The highest BCUT2D eigenvalue weighted by atomic mass is 16.3. The monoisotopic (exact) mass is 270 g/mol. The van der Waals surface area contributed by atoms with E-state index in [-0.39, 0.29) is 5.41 Å². The Morgan fingerprint density at radius 3 is 2.21 bits per heavy atom. The van der Waals surface area contributed by atoms with Crippen molar-refractivity contribution in [1.82, 2.24) is 5.32 Å². The second-order valence-corrected chi connectivity index (χ2v) is 7.51. The van der Waals surface area contributed by atoms with Gasteiger partial charge < -0.3 is 10.8 Å². The third-order valence-corrected chi connectivity index (χ3v) is 3.41. The molecule has 3 nitrogen and oxygen atoms in total. The van der Waals surface area contributed by atoms with E-state index in [4.69, 9.17) is 5.73 Å². The Morgan fingerprint density at radius 2 is 1.84 bits per heavy atom. The molecular formula is C16H34N2O. The van der Waals surface area contributed by atoms with Gasteiger partial charge in [-0.3, -0.25) is 5.32 Å². The molecule has 0 aromatic heterocycles. The molecule has 0 aromatic rings. The summed E-state index contributed by atoms with van der Waals surface area (Å²) in [5.41, 5.74) is 7.56. The second-order valence-electron chi connectivity index (χ2n) is 7.51. The summed E-state index contributed by atoms with van der Waals surface area (Å²) in [5, 5.41) is 12.6. The number of allylic oxidation sites excluding steroid dienone is 1. The largest absolute Gasteiger partial charge is 0.379 e. The molecule has 1 fully saturated rings. The first-order valence-corrected chi connectivity index (χ1v) is 7.26. The van der Waals surface area contributed by atoms with E-state index in [1.165, 1.54) is 12.0 Å². The van der Waals surface area contributed by atoms with E-state index >= 15 is 0 Å². The Morgan fingerprint density at radius 1 is 1.37 bits per heavy atom. The number of hydrogen-bond donors (Lipinski definition) is 3. The van der Waals surface area contributed by atoms with Crippen LogP contribution in [0.1, 0.15) is 60.8 Å². The van der Waals surface area contributed by atoms with Crippen LogP contribution >= 0.6 is 0 Å². The summed E-state index contributed by atoms with van der Waals surface area (Å²) in [6, 6.07) is 0.391. The van der Waals surface area contributed by atoms with Crippen molar-refractivity contribution in [1.29, 1.82) is 0 Å². The van der Waals surface area contributed by atoms with Gasteiger partial charge in [-0.2, -0.15) is 0 Å². The molecule has 3 heteroatoms. The van der Waals surface area contributed by atoms with Crippen LogP contribution in [0.3, 0.4) is 0 Å². The number of aliphatic hydroxyl groups excluding tert-OH is 1. The smallest absolute Gasteiger partial charge is 0.102 e. The molecule has 1 saturated carbocycles. The molecule has 1 aliphatic carbocycles. The van der Waals surface area contributed by atoms with E-state index in [9.17, 15) is 5.11 Å². The predicted octanol–water partition coefficient (Wildman–Crippen LogP) is 3.04. The zero-order valence-electron chi connectivity index (χ0n) is 13.7. The summed E-state index contributed by atoms with van der Waals surface area (Å²) in [7, 11) is 0. The van der Waals surface area contributed by atoms with E-state index in [0.29, 0.717) is 11.5 Å². The Hall–Kier alpha value is -0.380. The van der Waals surface area contributed by atoms with Gasteiger partial charge in [0.05, 0.1) is 0 Å². The Balaban J connectivity index is 0.000000711. The molecule has 1 aliphatic rings. The number of rotatable bonds is 3. The lowest BCUT2D eigenvalue weighted by molar-refractivity contribution is 0.0464. The Labute approximate surface area is 119 Å². The number of nitrogens with two attached hydrogens (primary N) is 1. The Kier molecular flexibility index (Phi) is 7.27. The highest BCUT2D eigenvalue weighted by Gasteiger charge is 2.40. The first-order valence-electron chi connectivity index (χ1n) is 7.26. The molecule has 0 heterocycles. The highest BCUT2D eigenvalue weighted by Crippen LogP contribution is 2.45. The molecule has 0 spiro atoms. The first kappa shape index (κ1) is 18.6. The fourth-order valence-electron chi connectivity index (χ4n) is 3.25. The average Bonchev–Trinajstić information content (AvgIpc) is 2.12. The number of aliphatic hydroxyl groups is 1. The minimum absolute atomic E-state index is 0.217. The number of hydrogen-bond acceptors (Lipinski definition) is 3. The maximum Gasteiger partial charge on any atom is 0.102 e. The van der Waals surface area contributed by atoms with E-state index in [1.54, 1.807) is 6.92 Å². The van der Waals surface area contributed by atoms with Gasteiger partial charge >= 0.3 is 0 Å². The molecule has 19 heavy (non-hydrogen) atoms. The van der Waals surface area contributed by atoms with Crippen LogP contribution in [0.5, 0.6) is 0 Å². The van der Waals surface area contributed by atoms with Crippen molar-refractivity contribution in [2.24, 2.45) is 16.6 Å². The summed E-state index contributed by atoms with van der Waals surface area (Å²) in [6.07, 6.45) is 2.94. The molecular weight excluding hydrogens is 236 g/mol. The molecule has 1 rings (SSSR count). The molecule has 3 atom stereocenters. The van der Waals surface area contributed by atoms with Gasteiger partial charge in [0.25, 0.3) is 0 Å². The minimum Gasteiger partial charge on any atom is -0.379 e. The molecule has 3 unspecified atom stereocenters. The maximum atomic E-state index is 9.38. The quantitative estimate of drug-likeness (QED) is 0.546.